The second-order valence-corrected chi connectivity index (χ2v) is 5.32. The molecular formula is C15H19N5O2. The smallest absolute Gasteiger partial charge is 0.272 e. The van der Waals surface area contributed by atoms with Crippen LogP contribution in [0.5, 0.6) is 0 Å². The van der Waals surface area contributed by atoms with Crippen molar-refractivity contribution in [2.24, 2.45) is 7.05 Å². The van der Waals surface area contributed by atoms with Gasteiger partial charge in [-0.05, 0) is 13.0 Å². The van der Waals surface area contributed by atoms with E-state index in [0.29, 0.717) is 32.0 Å². The van der Waals surface area contributed by atoms with Gasteiger partial charge in [-0.15, -0.1) is 0 Å². The highest BCUT2D eigenvalue weighted by Crippen LogP contribution is 2.28. The van der Waals surface area contributed by atoms with E-state index in [-0.39, 0.29) is 11.8 Å². The summed E-state index contributed by atoms with van der Waals surface area (Å²) in [6.07, 6.45) is 4.80. The average molecular weight is 301 g/mol. The number of amides is 1. The van der Waals surface area contributed by atoms with Gasteiger partial charge in [0.15, 0.2) is 0 Å². The normalized spacial score (nSPS) is 17.4. The Morgan fingerprint density at radius 2 is 2.36 bits per heavy atom. The number of fused-ring (bicyclic) bond motifs is 1. The van der Waals surface area contributed by atoms with Gasteiger partial charge in [0.25, 0.3) is 5.91 Å². The van der Waals surface area contributed by atoms with Crippen molar-refractivity contribution in [2.75, 3.05) is 19.8 Å². The van der Waals surface area contributed by atoms with Gasteiger partial charge in [0, 0.05) is 44.4 Å². The van der Waals surface area contributed by atoms with Gasteiger partial charge >= 0.3 is 0 Å². The number of hydrogen-bond acceptors (Lipinski definition) is 5. The van der Waals surface area contributed by atoms with Crippen LogP contribution in [0.3, 0.4) is 0 Å². The molecule has 7 nitrogen and oxygen atoms in total. The summed E-state index contributed by atoms with van der Waals surface area (Å²) in [4.78, 5) is 22.3. The minimum Gasteiger partial charge on any atom is -0.381 e. The third-order valence-corrected chi connectivity index (χ3v) is 3.86. The van der Waals surface area contributed by atoms with E-state index in [1.165, 1.54) is 6.33 Å². The molecule has 2 aromatic heterocycles. The molecule has 0 saturated carbocycles. The molecule has 1 aliphatic heterocycles. The van der Waals surface area contributed by atoms with Gasteiger partial charge in [-0.25, -0.2) is 9.97 Å². The van der Waals surface area contributed by atoms with Crippen LogP contribution in [-0.2, 0) is 18.3 Å². The molecule has 2 aromatic rings. The van der Waals surface area contributed by atoms with Crippen molar-refractivity contribution >= 4 is 5.91 Å². The van der Waals surface area contributed by atoms with Crippen molar-refractivity contribution in [1.29, 1.82) is 0 Å². The number of ether oxygens (including phenoxy) is 1. The van der Waals surface area contributed by atoms with Crippen LogP contribution < -0.4 is 0 Å². The van der Waals surface area contributed by atoms with Crippen molar-refractivity contribution in [3.8, 4) is 0 Å². The number of aromatic nitrogens is 4. The summed E-state index contributed by atoms with van der Waals surface area (Å²) < 4.78 is 7.46. The molecule has 22 heavy (non-hydrogen) atoms. The molecule has 0 radical (unpaired) electrons. The van der Waals surface area contributed by atoms with Gasteiger partial charge in [-0.2, -0.15) is 5.10 Å². The number of nitrogens with zero attached hydrogens (tertiary/aromatic N) is 5. The molecule has 0 unspecified atom stereocenters. The van der Waals surface area contributed by atoms with Crippen molar-refractivity contribution in [2.45, 2.75) is 19.4 Å². The summed E-state index contributed by atoms with van der Waals surface area (Å²) in [7, 11) is 1.93. The minimum absolute atomic E-state index is 0.0848. The van der Waals surface area contributed by atoms with E-state index >= 15 is 0 Å². The summed E-state index contributed by atoms with van der Waals surface area (Å²) in [6, 6.07) is 1.64. The fraction of sp³-hybridized carbons (Fsp3) is 0.467. The molecule has 1 amide bonds. The van der Waals surface area contributed by atoms with Gasteiger partial charge in [0.1, 0.15) is 12.0 Å². The first-order valence-electron chi connectivity index (χ1n) is 7.34. The molecule has 3 rings (SSSR count). The molecule has 1 aliphatic rings. The molecule has 0 aromatic carbocycles. The zero-order valence-corrected chi connectivity index (χ0v) is 12.8. The highest BCUT2D eigenvalue weighted by Gasteiger charge is 2.31. The number of rotatable bonds is 4. The third kappa shape index (κ3) is 2.71. The predicted molar refractivity (Wildman–Crippen MR) is 79.2 cm³/mol. The average Bonchev–Trinajstić information content (AvgIpc) is 2.94. The Morgan fingerprint density at radius 1 is 1.50 bits per heavy atom. The molecule has 0 N–H and O–H groups in total. The zero-order valence-electron chi connectivity index (χ0n) is 12.8. The lowest BCUT2D eigenvalue weighted by Crippen LogP contribution is -2.40. The molecule has 0 spiro atoms. The van der Waals surface area contributed by atoms with Crippen LogP contribution in [0.15, 0.2) is 24.8 Å². The monoisotopic (exact) mass is 301 g/mol. The summed E-state index contributed by atoms with van der Waals surface area (Å²) in [5, 5.41) is 4.32. The van der Waals surface area contributed by atoms with Crippen LogP contribution in [0.4, 0.5) is 0 Å². The van der Waals surface area contributed by atoms with Gasteiger partial charge in [-0.3, -0.25) is 9.48 Å². The second kappa shape index (κ2) is 6.23. The van der Waals surface area contributed by atoms with Crippen LogP contribution in [0.1, 0.15) is 34.6 Å². The minimum atomic E-state index is -0.0848. The molecule has 1 atom stereocenters. The summed E-state index contributed by atoms with van der Waals surface area (Å²) >= 11 is 0. The Labute approximate surface area is 128 Å². The molecule has 0 saturated heterocycles. The number of hydrogen-bond donors (Lipinski definition) is 0. The van der Waals surface area contributed by atoms with Gasteiger partial charge in [-0.1, -0.05) is 0 Å². The van der Waals surface area contributed by atoms with Crippen LogP contribution in [0, 0.1) is 0 Å². The number of carbonyl (C=O) groups is 1. The van der Waals surface area contributed by atoms with E-state index in [4.69, 9.17) is 4.74 Å². The third-order valence-electron chi connectivity index (χ3n) is 3.86. The highest BCUT2D eigenvalue weighted by molar-refractivity contribution is 5.92. The second-order valence-electron chi connectivity index (χ2n) is 5.32. The molecule has 3 heterocycles. The van der Waals surface area contributed by atoms with Crippen LogP contribution >= 0.6 is 0 Å². The topological polar surface area (TPSA) is 73.1 Å². The number of aryl methyl sites for hydroxylation is 1. The SMILES string of the molecule is CCOC[C@@H]1CN(C(=O)c2ccncn2)Cc2cnn(C)c21. The van der Waals surface area contributed by atoms with Gasteiger partial charge in [0.2, 0.25) is 0 Å². The Hall–Kier alpha value is -2.28. The van der Waals surface area contributed by atoms with Crippen LogP contribution in [0.25, 0.3) is 0 Å². The van der Waals surface area contributed by atoms with Gasteiger partial charge < -0.3 is 9.64 Å². The van der Waals surface area contributed by atoms with Crippen molar-refractivity contribution < 1.29 is 9.53 Å². The molecule has 0 bridgehead atoms. The van der Waals surface area contributed by atoms with Crippen LogP contribution in [-0.4, -0.2) is 50.3 Å². The molecule has 0 aliphatic carbocycles. The lowest BCUT2D eigenvalue weighted by molar-refractivity contribution is 0.0642. The molecule has 0 fully saturated rings. The molecule has 116 valence electrons. The highest BCUT2D eigenvalue weighted by atomic mass is 16.5. The number of carbonyl (C=O) groups excluding carboxylic acids is 1. The fourth-order valence-corrected chi connectivity index (χ4v) is 2.89. The standard InChI is InChI=1S/C15H19N5O2/c1-3-22-9-12-8-20(7-11-6-18-19(2)14(11)12)15(21)13-4-5-16-10-17-13/h4-6,10,12H,3,7-9H2,1-2H3/t12-/m0/s1. The predicted octanol–water partition coefficient (Wildman–Crippen LogP) is 0.986. The first kappa shape index (κ1) is 14.6. The molecule has 7 heteroatoms. The van der Waals surface area contributed by atoms with Crippen molar-refractivity contribution in [1.82, 2.24) is 24.6 Å². The largest absolute Gasteiger partial charge is 0.381 e. The fourth-order valence-electron chi connectivity index (χ4n) is 2.89. The Kier molecular flexibility index (Phi) is 4.15. The summed E-state index contributed by atoms with van der Waals surface area (Å²) in [6.45, 7) is 4.36. The summed E-state index contributed by atoms with van der Waals surface area (Å²) in [5.41, 5.74) is 2.64. The Bertz CT molecular complexity index is 655. The van der Waals surface area contributed by atoms with Crippen molar-refractivity contribution in [3.05, 3.63) is 41.7 Å². The first-order valence-corrected chi connectivity index (χ1v) is 7.34. The van der Waals surface area contributed by atoms with Crippen LogP contribution in [0.2, 0.25) is 0 Å². The zero-order chi connectivity index (χ0) is 15.5. The van der Waals surface area contributed by atoms with E-state index in [2.05, 4.69) is 15.1 Å². The van der Waals surface area contributed by atoms with E-state index in [1.807, 2.05) is 24.9 Å². The molecular weight excluding hydrogens is 282 g/mol. The van der Waals surface area contributed by atoms with E-state index in [0.717, 1.165) is 11.3 Å². The Morgan fingerprint density at radius 3 is 3.09 bits per heavy atom. The maximum absolute atomic E-state index is 12.6. The van der Waals surface area contributed by atoms with Gasteiger partial charge in [0.05, 0.1) is 18.5 Å². The van der Waals surface area contributed by atoms with E-state index < -0.39 is 0 Å². The van der Waals surface area contributed by atoms with E-state index in [1.54, 1.807) is 17.2 Å². The first-order chi connectivity index (χ1) is 10.7. The lowest BCUT2D eigenvalue weighted by atomic mass is 9.96. The van der Waals surface area contributed by atoms with E-state index in [9.17, 15) is 4.79 Å². The van der Waals surface area contributed by atoms with Crippen molar-refractivity contribution in [3.63, 3.8) is 0 Å². The maximum atomic E-state index is 12.6. The quantitative estimate of drug-likeness (QED) is 0.842. The lowest BCUT2D eigenvalue weighted by Gasteiger charge is -2.32. The summed E-state index contributed by atoms with van der Waals surface area (Å²) in [5.74, 6) is 0.0420. The Balaban J connectivity index is 1.85. The maximum Gasteiger partial charge on any atom is 0.272 e.